The Morgan fingerprint density at radius 2 is 1.44 bits per heavy atom. The van der Waals surface area contributed by atoms with Crippen LogP contribution in [0.5, 0.6) is 5.75 Å². The van der Waals surface area contributed by atoms with E-state index >= 15 is 0 Å². The van der Waals surface area contributed by atoms with Gasteiger partial charge in [-0.3, -0.25) is 9.59 Å². The first-order valence-electron chi connectivity index (χ1n) is 8.54. The number of aromatic hydroxyl groups is 1. The van der Waals surface area contributed by atoms with Gasteiger partial charge < -0.3 is 14.9 Å². The lowest BCUT2D eigenvalue weighted by Crippen LogP contribution is -2.50. The minimum Gasteiger partial charge on any atom is -0.508 e. The molecule has 0 saturated carbocycles. The van der Waals surface area contributed by atoms with Crippen molar-refractivity contribution in [3.05, 3.63) is 65.7 Å². The summed E-state index contributed by atoms with van der Waals surface area (Å²) in [7, 11) is 0. The zero-order chi connectivity index (χ0) is 17.6. The number of phenolic OH excluding ortho intramolecular Hbond substituents is 1. The van der Waals surface area contributed by atoms with E-state index in [0.717, 1.165) is 5.56 Å². The van der Waals surface area contributed by atoms with E-state index in [1.54, 1.807) is 21.9 Å². The molecule has 0 spiro atoms. The Morgan fingerprint density at radius 1 is 0.840 bits per heavy atom. The highest BCUT2D eigenvalue weighted by Gasteiger charge is 2.24. The van der Waals surface area contributed by atoms with Crippen LogP contribution in [0.1, 0.15) is 22.3 Å². The number of nitrogens with zero attached hydrogens (tertiary/aromatic N) is 2. The van der Waals surface area contributed by atoms with Crippen LogP contribution in [0.15, 0.2) is 54.6 Å². The van der Waals surface area contributed by atoms with Gasteiger partial charge in [0, 0.05) is 38.2 Å². The lowest BCUT2D eigenvalue weighted by molar-refractivity contribution is -0.132. The molecular weight excluding hydrogens is 316 g/mol. The zero-order valence-electron chi connectivity index (χ0n) is 14.1. The second kappa shape index (κ2) is 7.83. The van der Waals surface area contributed by atoms with Crippen LogP contribution < -0.4 is 0 Å². The fourth-order valence-corrected chi connectivity index (χ4v) is 3.04. The summed E-state index contributed by atoms with van der Waals surface area (Å²) in [4.78, 5) is 28.4. The van der Waals surface area contributed by atoms with Gasteiger partial charge in [0.1, 0.15) is 5.75 Å². The largest absolute Gasteiger partial charge is 0.508 e. The van der Waals surface area contributed by atoms with Gasteiger partial charge in [0.2, 0.25) is 5.91 Å². The highest BCUT2D eigenvalue weighted by molar-refractivity contribution is 5.94. The summed E-state index contributed by atoms with van der Waals surface area (Å²) in [6.07, 6.45) is 0.888. The molecule has 3 rings (SSSR count). The van der Waals surface area contributed by atoms with Crippen molar-refractivity contribution in [2.45, 2.75) is 12.8 Å². The molecule has 2 amide bonds. The second-order valence-corrected chi connectivity index (χ2v) is 6.17. The number of hydrogen-bond acceptors (Lipinski definition) is 3. The first-order valence-corrected chi connectivity index (χ1v) is 8.54. The van der Waals surface area contributed by atoms with Gasteiger partial charge in [-0.15, -0.1) is 0 Å². The molecule has 5 nitrogen and oxygen atoms in total. The summed E-state index contributed by atoms with van der Waals surface area (Å²) in [6.45, 7) is 2.21. The number of carbonyl (C=O) groups excluding carboxylic acids is 2. The molecule has 1 aliphatic rings. The van der Waals surface area contributed by atoms with Crippen LogP contribution in [0.2, 0.25) is 0 Å². The van der Waals surface area contributed by atoms with E-state index < -0.39 is 0 Å². The van der Waals surface area contributed by atoms with E-state index in [9.17, 15) is 14.7 Å². The molecule has 1 fully saturated rings. The average molecular weight is 338 g/mol. The van der Waals surface area contributed by atoms with Gasteiger partial charge in [0.05, 0.1) is 0 Å². The summed E-state index contributed by atoms with van der Waals surface area (Å²) < 4.78 is 0. The molecule has 0 radical (unpaired) electrons. The van der Waals surface area contributed by atoms with Crippen LogP contribution in [-0.4, -0.2) is 52.9 Å². The number of amides is 2. The standard InChI is InChI=1S/C20H22N2O3/c23-18-9-5-4-6-16(18)10-11-19(24)21-12-14-22(15-13-21)20(25)17-7-2-1-3-8-17/h1-9,23H,10-15H2. The normalized spacial score (nSPS) is 14.4. The molecular formula is C20H22N2O3. The lowest BCUT2D eigenvalue weighted by Gasteiger charge is -2.35. The molecule has 0 aromatic heterocycles. The zero-order valence-corrected chi connectivity index (χ0v) is 14.1. The summed E-state index contributed by atoms with van der Waals surface area (Å²) in [5, 5.41) is 9.77. The van der Waals surface area contributed by atoms with Crippen molar-refractivity contribution in [3.63, 3.8) is 0 Å². The van der Waals surface area contributed by atoms with E-state index in [1.807, 2.05) is 42.5 Å². The maximum absolute atomic E-state index is 12.4. The third-order valence-electron chi connectivity index (χ3n) is 4.54. The van der Waals surface area contributed by atoms with Crippen molar-refractivity contribution >= 4 is 11.8 Å². The van der Waals surface area contributed by atoms with Crippen molar-refractivity contribution in [1.29, 1.82) is 0 Å². The van der Waals surface area contributed by atoms with Gasteiger partial charge in [-0.1, -0.05) is 36.4 Å². The minimum atomic E-state index is 0.0157. The van der Waals surface area contributed by atoms with E-state index in [4.69, 9.17) is 0 Å². The summed E-state index contributed by atoms with van der Waals surface area (Å²) >= 11 is 0. The first-order chi connectivity index (χ1) is 12.1. The predicted molar refractivity (Wildman–Crippen MR) is 95.4 cm³/mol. The number of para-hydroxylation sites is 1. The Balaban J connectivity index is 1.49. The quantitative estimate of drug-likeness (QED) is 0.931. The van der Waals surface area contributed by atoms with Crippen molar-refractivity contribution in [1.82, 2.24) is 9.80 Å². The summed E-state index contributed by atoms with van der Waals surface area (Å²) in [5.74, 6) is 0.311. The van der Waals surface area contributed by atoms with Crippen LogP contribution >= 0.6 is 0 Å². The monoisotopic (exact) mass is 338 g/mol. The van der Waals surface area contributed by atoms with Gasteiger partial charge in [0.15, 0.2) is 0 Å². The van der Waals surface area contributed by atoms with Crippen LogP contribution in [0.25, 0.3) is 0 Å². The van der Waals surface area contributed by atoms with Crippen molar-refractivity contribution in [2.75, 3.05) is 26.2 Å². The van der Waals surface area contributed by atoms with Crippen LogP contribution in [0, 0.1) is 0 Å². The SMILES string of the molecule is O=C(CCc1ccccc1O)N1CCN(C(=O)c2ccccc2)CC1. The van der Waals surface area contributed by atoms with E-state index in [2.05, 4.69) is 0 Å². The highest BCUT2D eigenvalue weighted by atomic mass is 16.3. The number of rotatable bonds is 4. The molecule has 1 aliphatic heterocycles. The van der Waals surface area contributed by atoms with E-state index in [1.165, 1.54) is 0 Å². The second-order valence-electron chi connectivity index (χ2n) is 6.17. The van der Waals surface area contributed by atoms with Crippen LogP contribution in [0.4, 0.5) is 0 Å². The smallest absolute Gasteiger partial charge is 0.253 e. The highest BCUT2D eigenvalue weighted by Crippen LogP contribution is 2.18. The Hall–Kier alpha value is -2.82. The van der Waals surface area contributed by atoms with Gasteiger partial charge in [0.25, 0.3) is 5.91 Å². The lowest BCUT2D eigenvalue weighted by atomic mass is 10.1. The Bertz CT molecular complexity index is 738. The molecule has 1 saturated heterocycles. The van der Waals surface area contributed by atoms with Crippen molar-refractivity contribution in [3.8, 4) is 5.75 Å². The third kappa shape index (κ3) is 4.18. The molecule has 0 aliphatic carbocycles. The maximum Gasteiger partial charge on any atom is 0.253 e. The van der Waals surface area contributed by atoms with Crippen LogP contribution in [0.3, 0.4) is 0 Å². The molecule has 130 valence electrons. The van der Waals surface area contributed by atoms with Crippen molar-refractivity contribution in [2.24, 2.45) is 0 Å². The number of carbonyl (C=O) groups is 2. The van der Waals surface area contributed by atoms with E-state index in [0.29, 0.717) is 44.6 Å². The molecule has 5 heteroatoms. The first kappa shape index (κ1) is 17.0. The number of phenols is 1. The molecule has 2 aromatic rings. The van der Waals surface area contributed by atoms with Gasteiger partial charge in [-0.2, -0.15) is 0 Å². The van der Waals surface area contributed by atoms with Crippen molar-refractivity contribution < 1.29 is 14.7 Å². The molecule has 1 N–H and O–H groups in total. The Morgan fingerprint density at radius 3 is 2.12 bits per heavy atom. The summed E-state index contributed by atoms with van der Waals surface area (Å²) in [5.41, 5.74) is 1.47. The van der Waals surface area contributed by atoms with Gasteiger partial charge >= 0.3 is 0 Å². The van der Waals surface area contributed by atoms with Gasteiger partial charge in [-0.25, -0.2) is 0 Å². The molecule has 1 heterocycles. The minimum absolute atomic E-state index is 0.0157. The molecule has 0 atom stereocenters. The fraction of sp³-hybridized carbons (Fsp3) is 0.300. The molecule has 0 unspecified atom stereocenters. The number of benzene rings is 2. The van der Waals surface area contributed by atoms with Gasteiger partial charge in [-0.05, 0) is 30.2 Å². The predicted octanol–water partition coefficient (Wildman–Crippen LogP) is 2.31. The summed E-state index contributed by atoms with van der Waals surface area (Å²) in [6, 6.07) is 16.3. The van der Waals surface area contributed by atoms with E-state index in [-0.39, 0.29) is 17.6 Å². The number of piperazine rings is 1. The number of aryl methyl sites for hydroxylation is 1. The topological polar surface area (TPSA) is 60.9 Å². The maximum atomic E-state index is 12.4. The Kier molecular flexibility index (Phi) is 5.33. The fourth-order valence-electron chi connectivity index (χ4n) is 3.04. The Labute approximate surface area is 147 Å². The molecule has 25 heavy (non-hydrogen) atoms. The molecule has 2 aromatic carbocycles. The third-order valence-corrected chi connectivity index (χ3v) is 4.54. The average Bonchev–Trinajstić information content (AvgIpc) is 2.67. The molecule has 0 bridgehead atoms. The number of hydrogen-bond donors (Lipinski definition) is 1. The van der Waals surface area contributed by atoms with Crippen LogP contribution in [-0.2, 0) is 11.2 Å².